The Morgan fingerprint density at radius 2 is 1.67 bits per heavy atom. The van der Waals surface area contributed by atoms with Gasteiger partial charge in [0.25, 0.3) is 16.8 Å². The van der Waals surface area contributed by atoms with E-state index < -0.39 is 4.92 Å². The number of fused-ring (bicyclic) bond motifs is 1. The van der Waals surface area contributed by atoms with Crippen LogP contribution in [-0.4, -0.2) is 28.1 Å². The molecular weight excluding hydrogens is 584 g/mol. The molecule has 4 aromatic carbocycles. The number of rotatable bonds is 8. The molecule has 0 N–H and O–H groups in total. The molecule has 0 saturated carbocycles. The molecule has 0 radical (unpaired) electrons. The molecule has 196 valence electrons. The summed E-state index contributed by atoms with van der Waals surface area (Å²) in [6, 6.07) is 23.3. The number of carbonyl (C=O) groups is 2. The molecule has 39 heavy (non-hydrogen) atoms. The molecule has 2 amide bonds. The first-order valence-corrected chi connectivity index (χ1v) is 13.4. The van der Waals surface area contributed by atoms with E-state index in [1.54, 1.807) is 30.3 Å². The number of hydrogen-bond acceptors (Lipinski definition) is 7. The maximum absolute atomic E-state index is 13.1. The Morgan fingerprint density at radius 3 is 2.38 bits per heavy atom. The number of hydrogen-bond donors (Lipinski definition) is 0. The van der Waals surface area contributed by atoms with Crippen molar-refractivity contribution in [3.8, 4) is 11.5 Å². The lowest BCUT2D eigenvalue weighted by molar-refractivity contribution is -0.384. The van der Waals surface area contributed by atoms with Crippen LogP contribution in [0.3, 0.4) is 0 Å². The van der Waals surface area contributed by atoms with Crippen molar-refractivity contribution < 1.29 is 24.0 Å². The fraction of sp³-hybridized carbons (Fsp3) is 0.103. The maximum Gasteiger partial charge on any atom is 0.293 e. The number of ether oxygens (including phenoxy) is 2. The van der Waals surface area contributed by atoms with Gasteiger partial charge >= 0.3 is 0 Å². The highest BCUT2D eigenvalue weighted by molar-refractivity contribution is 9.10. The molecule has 5 rings (SSSR count). The van der Waals surface area contributed by atoms with Gasteiger partial charge in [-0.2, -0.15) is 0 Å². The summed E-state index contributed by atoms with van der Waals surface area (Å²) in [5.41, 5.74) is 2.27. The van der Waals surface area contributed by atoms with E-state index in [1.807, 2.05) is 42.5 Å². The van der Waals surface area contributed by atoms with E-state index >= 15 is 0 Å². The Hall–Kier alpha value is -4.15. The van der Waals surface area contributed by atoms with Crippen LogP contribution in [0.1, 0.15) is 16.7 Å². The zero-order chi connectivity index (χ0) is 27.5. The number of methoxy groups -OCH3 is 1. The summed E-state index contributed by atoms with van der Waals surface area (Å²) in [5, 5.41) is 12.7. The van der Waals surface area contributed by atoms with Gasteiger partial charge in [-0.3, -0.25) is 24.6 Å². The molecule has 0 aromatic heterocycles. The standard InChI is InChI=1S/C29H21BrN2O6S/c1-37-25-13-22(24(30)15-26(25)38-17-18-7-10-23(11-8-18)32(35)36)14-27-28(33)31(29(34)39-27)16-19-6-9-20-4-2-3-5-21(20)12-19/h2-15H,16-17H2,1H3/b27-14-. The summed E-state index contributed by atoms with van der Waals surface area (Å²) >= 11 is 4.42. The molecule has 1 fully saturated rings. The summed E-state index contributed by atoms with van der Waals surface area (Å²) in [5.74, 6) is 0.522. The van der Waals surface area contributed by atoms with Gasteiger partial charge < -0.3 is 9.47 Å². The smallest absolute Gasteiger partial charge is 0.293 e. The summed E-state index contributed by atoms with van der Waals surface area (Å²) in [6.07, 6.45) is 1.65. The number of nitro groups is 1. The highest BCUT2D eigenvalue weighted by Crippen LogP contribution is 2.39. The van der Waals surface area contributed by atoms with Gasteiger partial charge in [-0.05, 0) is 75.6 Å². The van der Waals surface area contributed by atoms with E-state index in [0.717, 1.165) is 33.7 Å². The number of benzene rings is 4. The average molecular weight is 605 g/mol. The molecule has 1 aliphatic heterocycles. The van der Waals surface area contributed by atoms with E-state index in [9.17, 15) is 19.7 Å². The minimum absolute atomic E-state index is 0.00473. The average Bonchev–Trinajstić information content (AvgIpc) is 3.20. The number of halogens is 1. The number of imide groups is 1. The fourth-order valence-corrected chi connectivity index (χ4v) is 5.37. The Labute approximate surface area is 236 Å². The second kappa shape index (κ2) is 11.3. The number of non-ortho nitro benzene ring substituents is 1. The van der Waals surface area contributed by atoms with Crippen molar-refractivity contribution >= 4 is 61.4 Å². The molecule has 0 unspecified atom stereocenters. The van der Waals surface area contributed by atoms with Gasteiger partial charge in [0.2, 0.25) is 0 Å². The van der Waals surface area contributed by atoms with Crippen molar-refractivity contribution in [2.75, 3.05) is 7.11 Å². The van der Waals surface area contributed by atoms with Crippen LogP contribution in [-0.2, 0) is 17.9 Å². The molecule has 1 heterocycles. The predicted octanol–water partition coefficient (Wildman–Crippen LogP) is 7.33. The van der Waals surface area contributed by atoms with Crippen LogP contribution in [0, 0.1) is 10.1 Å². The van der Waals surface area contributed by atoms with Crippen molar-refractivity contribution in [2.45, 2.75) is 13.2 Å². The van der Waals surface area contributed by atoms with Crippen LogP contribution in [0.4, 0.5) is 10.5 Å². The molecule has 0 spiro atoms. The van der Waals surface area contributed by atoms with Crippen LogP contribution in [0.2, 0.25) is 0 Å². The molecular formula is C29H21BrN2O6S. The molecule has 1 saturated heterocycles. The van der Waals surface area contributed by atoms with Gasteiger partial charge in [0, 0.05) is 16.6 Å². The summed E-state index contributed by atoms with van der Waals surface area (Å²) in [4.78, 5) is 37.8. The highest BCUT2D eigenvalue weighted by atomic mass is 79.9. The third-order valence-electron chi connectivity index (χ3n) is 6.14. The zero-order valence-electron chi connectivity index (χ0n) is 20.6. The summed E-state index contributed by atoms with van der Waals surface area (Å²) in [6.45, 7) is 0.362. The van der Waals surface area contributed by atoms with E-state index in [0.29, 0.717) is 26.4 Å². The highest BCUT2D eigenvalue weighted by Gasteiger charge is 2.35. The predicted molar refractivity (Wildman–Crippen MR) is 154 cm³/mol. The quantitative estimate of drug-likeness (QED) is 0.118. The summed E-state index contributed by atoms with van der Waals surface area (Å²) < 4.78 is 12.0. The first-order chi connectivity index (χ1) is 18.8. The second-order valence-corrected chi connectivity index (χ2v) is 10.5. The number of thioether (sulfide) groups is 1. The third kappa shape index (κ3) is 5.81. The van der Waals surface area contributed by atoms with Crippen LogP contribution < -0.4 is 9.47 Å². The van der Waals surface area contributed by atoms with Gasteiger partial charge in [-0.25, -0.2) is 0 Å². The second-order valence-electron chi connectivity index (χ2n) is 8.69. The van der Waals surface area contributed by atoms with Crippen molar-refractivity contribution in [1.82, 2.24) is 4.90 Å². The van der Waals surface area contributed by atoms with Gasteiger partial charge in [0.15, 0.2) is 11.5 Å². The molecule has 8 nitrogen and oxygen atoms in total. The first-order valence-electron chi connectivity index (χ1n) is 11.8. The van der Waals surface area contributed by atoms with E-state index in [1.165, 1.54) is 24.1 Å². The van der Waals surface area contributed by atoms with Crippen molar-refractivity contribution in [3.63, 3.8) is 0 Å². The van der Waals surface area contributed by atoms with Gasteiger partial charge in [-0.15, -0.1) is 0 Å². The Kier molecular flexibility index (Phi) is 7.67. The number of carbonyl (C=O) groups excluding carboxylic acids is 2. The minimum Gasteiger partial charge on any atom is -0.493 e. The van der Waals surface area contributed by atoms with Gasteiger partial charge in [-0.1, -0.05) is 52.3 Å². The Morgan fingerprint density at radius 1 is 0.949 bits per heavy atom. The van der Waals surface area contributed by atoms with Crippen LogP contribution in [0.25, 0.3) is 16.8 Å². The van der Waals surface area contributed by atoms with Crippen LogP contribution >= 0.6 is 27.7 Å². The van der Waals surface area contributed by atoms with Crippen molar-refractivity contribution in [1.29, 1.82) is 0 Å². The number of amides is 2. The van der Waals surface area contributed by atoms with Crippen LogP contribution in [0.15, 0.2) is 88.2 Å². The molecule has 0 bridgehead atoms. The topological polar surface area (TPSA) is 99.0 Å². The van der Waals surface area contributed by atoms with Crippen molar-refractivity contribution in [2.24, 2.45) is 0 Å². The minimum atomic E-state index is -0.457. The first kappa shape index (κ1) is 26.5. The monoisotopic (exact) mass is 604 g/mol. The van der Waals surface area contributed by atoms with E-state index in [4.69, 9.17) is 9.47 Å². The fourth-order valence-electron chi connectivity index (χ4n) is 4.11. The Bertz CT molecular complexity index is 1640. The number of nitro benzene ring substituents is 1. The molecule has 4 aromatic rings. The Balaban J connectivity index is 1.32. The molecule has 10 heteroatoms. The normalized spacial score (nSPS) is 14.3. The number of nitrogens with zero attached hydrogens (tertiary/aromatic N) is 2. The summed E-state index contributed by atoms with van der Waals surface area (Å²) in [7, 11) is 1.50. The van der Waals surface area contributed by atoms with Crippen LogP contribution in [0.5, 0.6) is 11.5 Å². The molecule has 0 atom stereocenters. The SMILES string of the molecule is COc1cc(/C=C2\SC(=O)N(Cc3ccc4ccccc4c3)C2=O)c(Br)cc1OCc1ccc([N+](=O)[O-])cc1. The van der Waals surface area contributed by atoms with E-state index in [2.05, 4.69) is 15.9 Å². The zero-order valence-corrected chi connectivity index (χ0v) is 23.0. The lowest BCUT2D eigenvalue weighted by Gasteiger charge is -2.14. The lowest BCUT2D eigenvalue weighted by atomic mass is 10.1. The van der Waals surface area contributed by atoms with Gasteiger partial charge in [0.1, 0.15) is 6.61 Å². The van der Waals surface area contributed by atoms with E-state index in [-0.39, 0.29) is 30.0 Å². The molecule has 1 aliphatic rings. The third-order valence-corrected chi connectivity index (χ3v) is 7.73. The lowest BCUT2D eigenvalue weighted by Crippen LogP contribution is -2.27. The maximum atomic E-state index is 13.1. The van der Waals surface area contributed by atoms with Crippen molar-refractivity contribution in [3.05, 3.63) is 115 Å². The largest absolute Gasteiger partial charge is 0.493 e. The van der Waals surface area contributed by atoms with Gasteiger partial charge in [0.05, 0.1) is 23.5 Å². The molecule has 0 aliphatic carbocycles.